The van der Waals surface area contributed by atoms with Crippen molar-refractivity contribution in [2.75, 3.05) is 0 Å². The Labute approximate surface area is 136 Å². The number of carbonyl (C=O) groups is 3. The summed E-state index contributed by atoms with van der Waals surface area (Å²) in [4.78, 5) is 36.4. The fourth-order valence-electron chi connectivity index (χ4n) is 4.44. The van der Waals surface area contributed by atoms with Gasteiger partial charge in [-0.05, 0) is 43.4 Å². The number of hydrogen-bond donors (Lipinski definition) is 2. The molecule has 126 valence electrons. The Morgan fingerprint density at radius 1 is 1.30 bits per heavy atom. The number of allylic oxidation sites excluding steroid dienone is 1. The summed E-state index contributed by atoms with van der Waals surface area (Å²) in [7, 11) is 0. The topological polar surface area (TPSA) is 83.5 Å². The first-order valence-corrected chi connectivity index (χ1v) is 8.73. The SMILES string of the molecule is CC[C@H]1C=C(C(=O)N[C@]2(C(=O)O)C[C@@H]2CC)[C@H]2CCC(=O)[C@H]2C1. The summed E-state index contributed by atoms with van der Waals surface area (Å²) in [5.41, 5.74) is -0.439. The second-order valence-corrected chi connectivity index (χ2v) is 7.28. The molecule has 0 aromatic rings. The number of Topliss-reactive ketones (excluding diaryl/α,β-unsaturated/α-hetero) is 1. The van der Waals surface area contributed by atoms with E-state index >= 15 is 0 Å². The number of nitrogens with one attached hydrogen (secondary N) is 1. The summed E-state index contributed by atoms with van der Waals surface area (Å²) in [5, 5.41) is 12.3. The van der Waals surface area contributed by atoms with Gasteiger partial charge in [0.15, 0.2) is 0 Å². The number of carboxylic acids is 1. The molecular formula is C18H25NO4. The summed E-state index contributed by atoms with van der Waals surface area (Å²) < 4.78 is 0. The van der Waals surface area contributed by atoms with Crippen LogP contribution in [0, 0.1) is 23.7 Å². The number of aliphatic carboxylic acids is 1. The summed E-state index contributed by atoms with van der Waals surface area (Å²) in [6.07, 6.45) is 6.23. The zero-order valence-electron chi connectivity index (χ0n) is 13.8. The van der Waals surface area contributed by atoms with Gasteiger partial charge in [0.1, 0.15) is 11.3 Å². The van der Waals surface area contributed by atoms with Gasteiger partial charge in [-0.2, -0.15) is 0 Å². The Morgan fingerprint density at radius 2 is 2.04 bits per heavy atom. The standard InChI is InChI=1S/C18H25NO4/c1-3-10-7-13-12(5-6-15(13)20)14(8-10)16(21)19-18(17(22)23)9-11(18)4-2/h8,10-13H,3-7,9H2,1-2H3,(H,19,21)(H,22,23)/t10-,11+,12+,13+,18-/m1/s1. The van der Waals surface area contributed by atoms with Gasteiger partial charge in [-0.3, -0.25) is 9.59 Å². The molecule has 23 heavy (non-hydrogen) atoms. The predicted octanol–water partition coefficient (Wildman–Crippen LogP) is 2.31. The number of rotatable bonds is 5. The number of carboxylic acid groups (broad SMARTS) is 1. The Hall–Kier alpha value is -1.65. The highest BCUT2D eigenvalue weighted by atomic mass is 16.4. The second-order valence-electron chi connectivity index (χ2n) is 7.28. The molecule has 0 aromatic heterocycles. The van der Waals surface area contributed by atoms with Crippen molar-refractivity contribution in [2.24, 2.45) is 23.7 Å². The van der Waals surface area contributed by atoms with E-state index in [1.165, 1.54) is 0 Å². The minimum Gasteiger partial charge on any atom is -0.479 e. The highest BCUT2D eigenvalue weighted by Crippen LogP contribution is 2.48. The highest BCUT2D eigenvalue weighted by Gasteiger charge is 2.61. The summed E-state index contributed by atoms with van der Waals surface area (Å²) in [5.74, 6) is -0.774. The third-order valence-corrected chi connectivity index (χ3v) is 6.08. The Morgan fingerprint density at radius 3 is 2.61 bits per heavy atom. The van der Waals surface area contributed by atoms with Crippen molar-refractivity contribution in [3.63, 3.8) is 0 Å². The van der Waals surface area contributed by atoms with E-state index in [0.717, 1.165) is 25.7 Å². The molecule has 0 spiro atoms. The maximum atomic E-state index is 12.8. The molecule has 1 amide bonds. The van der Waals surface area contributed by atoms with Crippen molar-refractivity contribution in [1.29, 1.82) is 0 Å². The molecule has 3 aliphatic carbocycles. The van der Waals surface area contributed by atoms with Crippen molar-refractivity contribution in [2.45, 2.75) is 57.9 Å². The van der Waals surface area contributed by atoms with E-state index in [2.05, 4.69) is 12.2 Å². The van der Waals surface area contributed by atoms with E-state index in [-0.39, 0.29) is 35.4 Å². The highest BCUT2D eigenvalue weighted by molar-refractivity contribution is 6.00. The van der Waals surface area contributed by atoms with Gasteiger partial charge in [0.2, 0.25) is 5.91 Å². The van der Waals surface area contributed by atoms with Crippen LogP contribution in [0.3, 0.4) is 0 Å². The van der Waals surface area contributed by atoms with Crippen LogP contribution in [-0.4, -0.2) is 28.3 Å². The molecule has 0 unspecified atom stereocenters. The van der Waals surface area contributed by atoms with E-state index in [1.54, 1.807) is 0 Å². The first-order chi connectivity index (χ1) is 10.9. The molecule has 3 rings (SSSR count). The van der Waals surface area contributed by atoms with E-state index in [9.17, 15) is 19.5 Å². The van der Waals surface area contributed by atoms with Crippen molar-refractivity contribution in [3.8, 4) is 0 Å². The van der Waals surface area contributed by atoms with Gasteiger partial charge in [-0.1, -0.05) is 26.3 Å². The van der Waals surface area contributed by atoms with Crippen LogP contribution in [0.4, 0.5) is 0 Å². The molecule has 0 radical (unpaired) electrons. The van der Waals surface area contributed by atoms with Crippen LogP contribution in [-0.2, 0) is 14.4 Å². The third-order valence-electron chi connectivity index (χ3n) is 6.08. The monoisotopic (exact) mass is 319 g/mol. The number of fused-ring (bicyclic) bond motifs is 1. The minimum absolute atomic E-state index is 0.0103. The van der Waals surface area contributed by atoms with Gasteiger partial charge in [0.05, 0.1) is 0 Å². The molecule has 5 atom stereocenters. The smallest absolute Gasteiger partial charge is 0.329 e. The van der Waals surface area contributed by atoms with Gasteiger partial charge >= 0.3 is 5.97 Å². The Bertz CT molecular complexity index is 582. The van der Waals surface area contributed by atoms with E-state index < -0.39 is 11.5 Å². The zero-order chi connectivity index (χ0) is 16.8. The lowest BCUT2D eigenvalue weighted by atomic mass is 9.74. The quantitative estimate of drug-likeness (QED) is 0.814. The van der Waals surface area contributed by atoms with Gasteiger partial charge in [0.25, 0.3) is 0 Å². The summed E-state index contributed by atoms with van der Waals surface area (Å²) in [6.45, 7) is 4.00. The van der Waals surface area contributed by atoms with Gasteiger partial charge in [-0.15, -0.1) is 0 Å². The predicted molar refractivity (Wildman–Crippen MR) is 84.6 cm³/mol. The molecule has 5 nitrogen and oxygen atoms in total. The average Bonchev–Trinajstić information content (AvgIpc) is 3.14. The zero-order valence-corrected chi connectivity index (χ0v) is 13.8. The Balaban J connectivity index is 1.82. The molecule has 3 aliphatic rings. The first-order valence-electron chi connectivity index (χ1n) is 8.73. The lowest BCUT2D eigenvalue weighted by Gasteiger charge is -2.30. The number of carbonyl (C=O) groups excluding carboxylic acids is 2. The van der Waals surface area contributed by atoms with E-state index in [0.29, 0.717) is 18.4 Å². The van der Waals surface area contributed by atoms with Gasteiger partial charge in [-0.25, -0.2) is 4.79 Å². The van der Waals surface area contributed by atoms with Crippen LogP contribution < -0.4 is 5.32 Å². The molecule has 0 heterocycles. The van der Waals surface area contributed by atoms with Crippen LogP contribution >= 0.6 is 0 Å². The maximum Gasteiger partial charge on any atom is 0.329 e. The van der Waals surface area contributed by atoms with Crippen molar-refractivity contribution in [1.82, 2.24) is 5.32 Å². The number of ketones is 1. The molecule has 5 heteroatoms. The lowest BCUT2D eigenvalue weighted by Crippen LogP contribution is -2.47. The van der Waals surface area contributed by atoms with Crippen LogP contribution in [0.5, 0.6) is 0 Å². The first kappa shape index (κ1) is 16.2. The van der Waals surface area contributed by atoms with Crippen LogP contribution in [0.15, 0.2) is 11.6 Å². The lowest BCUT2D eigenvalue weighted by molar-refractivity contribution is -0.143. The average molecular weight is 319 g/mol. The van der Waals surface area contributed by atoms with Crippen molar-refractivity contribution >= 4 is 17.7 Å². The number of amides is 1. The Kier molecular flexibility index (Phi) is 4.07. The third kappa shape index (κ3) is 2.60. The normalized spacial score (nSPS) is 38.7. The fraction of sp³-hybridized carbons (Fsp3) is 0.722. The fourth-order valence-corrected chi connectivity index (χ4v) is 4.44. The molecule has 2 N–H and O–H groups in total. The second kappa shape index (κ2) is 5.77. The van der Waals surface area contributed by atoms with Gasteiger partial charge < -0.3 is 10.4 Å². The maximum absolute atomic E-state index is 12.8. The summed E-state index contributed by atoms with van der Waals surface area (Å²) in [6, 6.07) is 0. The van der Waals surface area contributed by atoms with E-state index in [1.807, 2.05) is 13.0 Å². The van der Waals surface area contributed by atoms with E-state index in [4.69, 9.17) is 0 Å². The molecule has 0 bridgehead atoms. The molecule has 0 aliphatic heterocycles. The molecule has 2 saturated carbocycles. The van der Waals surface area contributed by atoms with Crippen LogP contribution in [0.2, 0.25) is 0 Å². The molecule has 0 aromatic carbocycles. The summed E-state index contributed by atoms with van der Waals surface area (Å²) >= 11 is 0. The largest absolute Gasteiger partial charge is 0.479 e. The van der Waals surface area contributed by atoms with Crippen LogP contribution in [0.1, 0.15) is 52.4 Å². The molecule has 2 fully saturated rings. The van der Waals surface area contributed by atoms with Gasteiger partial charge in [0, 0.05) is 17.9 Å². The molecule has 0 saturated heterocycles. The van der Waals surface area contributed by atoms with Crippen molar-refractivity contribution in [3.05, 3.63) is 11.6 Å². The minimum atomic E-state index is -1.09. The molecular weight excluding hydrogens is 294 g/mol. The number of hydrogen-bond acceptors (Lipinski definition) is 3. The van der Waals surface area contributed by atoms with Crippen molar-refractivity contribution < 1.29 is 19.5 Å². The van der Waals surface area contributed by atoms with Crippen LogP contribution in [0.25, 0.3) is 0 Å².